The van der Waals surface area contributed by atoms with Crippen molar-refractivity contribution in [1.82, 2.24) is 10.6 Å². The van der Waals surface area contributed by atoms with Crippen LogP contribution in [0, 0.1) is 5.41 Å². The van der Waals surface area contributed by atoms with Gasteiger partial charge in [0.15, 0.2) is 0 Å². The van der Waals surface area contributed by atoms with Crippen molar-refractivity contribution in [2.75, 3.05) is 0 Å². The van der Waals surface area contributed by atoms with Crippen LogP contribution in [0.3, 0.4) is 0 Å². The standard InChI is InChI=1S/C15H22N4O/c16-13(17)15(9-5-2-6-10-15)19-14(20)18-11-12-7-3-1-4-8-12/h1,3-4,7-8H,2,5-6,9-11H2,(H3,16,17)(H2,18,19,20). The molecule has 2 amide bonds. The molecule has 0 saturated heterocycles. The van der Waals surface area contributed by atoms with Crippen LogP contribution in [0.4, 0.5) is 4.79 Å². The summed E-state index contributed by atoms with van der Waals surface area (Å²) in [4.78, 5) is 12.0. The first-order chi connectivity index (χ1) is 9.62. The van der Waals surface area contributed by atoms with Gasteiger partial charge in [-0.2, -0.15) is 0 Å². The maximum atomic E-state index is 12.0. The molecule has 0 radical (unpaired) electrons. The molecule has 5 nitrogen and oxygen atoms in total. The fourth-order valence-corrected chi connectivity index (χ4v) is 2.66. The zero-order valence-electron chi connectivity index (χ0n) is 11.6. The quantitative estimate of drug-likeness (QED) is 0.500. The van der Waals surface area contributed by atoms with E-state index in [0.29, 0.717) is 6.54 Å². The van der Waals surface area contributed by atoms with Gasteiger partial charge in [0.1, 0.15) is 5.84 Å². The molecule has 0 aromatic heterocycles. The van der Waals surface area contributed by atoms with Crippen molar-refractivity contribution >= 4 is 11.9 Å². The number of amidine groups is 1. The van der Waals surface area contributed by atoms with Crippen LogP contribution in [-0.2, 0) is 6.54 Å². The average Bonchev–Trinajstić information content (AvgIpc) is 2.47. The molecular formula is C15H22N4O. The molecule has 2 rings (SSSR count). The van der Waals surface area contributed by atoms with Gasteiger partial charge in [-0.1, -0.05) is 49.6 Å². The van der Waals surface area contributed by atoms with Crippen molar-refractivity contribution in [2.45, 2.75) is 44.2 Å². The number of carbonyl (C=O) groups is 1. The van der Waals surface area contributed by atoms with E-state index >= 15 is 0 Å². The van der Waals surface area contributed by atoms with Gasteiger partial charge in [0.2, 0.25) is 0 Å². The second-order valence-electron chi connectivity index (χ2n) is 5.35. The van der Waals surface area contributed by atoms with Crippen molar-refractivity contribution in [2.24, 2.45) is 5.73 Å². The predicted octanol–water partition coefficient (Wildman–Crippen LogP) is 2.12. The first kappa shape index (κ1) is 14.4. The number of nitrogens with one attached hydrogen (secondary N) is 3. The Bertz CT molecular complexity index is 466. The summed E-state index contributed by atoms with van der Waals surface area (Å²) < 4.78 is 0. The van der Waals surface area contributed by atoms with Gasteiger partial charge in [0, 0.05) is 6.54 Å². The molecule has 1 aliphatic rings. The van der Waals surface area contributed by atoms with E-state index in [1.54, 1.807) is 0 Å². The van der Waals surface area contributed by atoms with Gasteiger partial charge in [-0.05, 0) is 18.4 Å². The maximum absolute atomic E-state index is 12.0. The first-order valence-electron chi connectivity index (χ1n) is 7.07. The molecule has 1 aromatic rings. The van der Waals surface area contributed by atoms with Crippen molar-refractivity contribution in [3.8, 4) is 0 Å². The highest BCUT2D eigenvalue weighted by molar-refractivity contribution is 5.91. The lowest BCUT2D eigenvalue weighted by molar-refractivity contribution is 0.224. The number of nitrogens with two attached hydrogens (primary N) is 1. The second kappa shape index (κ2) is 6.41. The molecule has 0 atom stereocenters. The van der Waals surface area contributed by atoms with Gasteiger partial charge in [0.05, 0.1) is 5.54 Å². The van der Waals surface area contributed by atoms with Crippen molar-refractivity contribution in [1.29, 1.82) is 5.41 Å². The van der Waals surface area contributed by atoms with E-state index in [9.17, 15) is 4.79 Å². The van der Waals surface area contributed by atoms with Crippen molar-refractivity contribution < 1.29 is 4.79 Å². The van der Waals surface area contributed by atoms with Crippen molar-refractivity contribution in [3.05, 3.63) is 35.9 Å². The Hall–Kier alpha value is -2.04. The molecule has 0 bridgehead atoms. The van der Waals surface area contributed by atoms with Crippen LogP contribution in [0.1, 0.15) is 37.7 Å². The number of hydrogen-bond acceptors (Lipinski definition) is 2. The molecule has 1 saturated carbocycles. The Morgan fingerprint density at radius 3 is 2.45 bits per heavy atom. The minimum absolute atomic E-state index is 0.0621. The Morgan fingerprint density at radius 2 is 1.85 bits per heavy atom. The number of benzene rings is 1. The summed E-state index contributed by atoms with van der Waals surface area (Å²) in [5, 5.41) is 13.5. The van der Waals surface area contributed by atoms with E-state index in [1.807, 2.05) is 30.3 Å². The van der Waals surface area contributed by atoms with Crippen LogP contribution in [0.25, 0.3) is 0 Å². The van der Waals surface area contributed by atoms with Crippen LogP contribution < -0.4 is 16.4 Å². The zero-order chi connectivity index (χ0) is 14.4. The summed E-state index contributed by atoms with van der Waals surface area (Å²) in [6, 6.07) is 9.48. The van der Waals surface area contributed by atoms with Gasteiger partial charge in [0.25, 0.3) is 0 Å². The Morgan fingerprint density at radius 1 is 1.20 bits per heavy atom. The van der Waals surface area contributed by atoms with E-state index in [1.165, 1.54) is 0 Å². The molecule has 5 N–H and O–H groups in total. The second-order valence-corrected chi connectivity index (χ2v) is 5.35. The first-order valence-corrected chi connectivity index (χ1v) is 7.07. The third-order valence-electron chi connectivity index (χ3n) is 3.87. The van der Waals surface area contributed by atoms with Gasteiger partial charge in [-0.3, -0.25) is 5.41 Å². The fraction of sp³-hybridized carbons (Fsp3) is 0.467. The number of amides is 2. The van der Waals surface area contributed by atoms with Gasteiger partial charge in [-0.25, -0.2) is 4.79 Å². The summed E-state index contributed by atoms with van der Waals surface area (Å²) >= 11 is 0. The van der Waals surface area contributed by atoms with E-state index < -0.39 is 5.54 Å². The lowest BCUT2D eigenvalue weighted by Gasteiger charge is -2.36. The molecule has 0 aliphatic heterocycles. The Labute approximate surface area is 119 Å². The summed E-state index contributed by atoms with van der Waals surface area (Å²) in [7, 11) is 0. The lowest BCUT2D eigenvalue weighted by Crippen LogP contribution is -2.60. The molecular weight excluding hydrogens is 252 g/mol. The summed E-state index contributed by atoms with van der Waals surface area (Å²) in [5.41, 5.74) is 6.09. The zero-order valence-corrected chi connectivity index (χ0v) is 11.6. The number of hydrogen-bond donors (Lipinski definition) is 4. The Kier molecular flexibility index (Phi) is 4.61. The molecule has 1 aromatic carbocycles. The van der Waals surface area contributed by atoms with Crippen LogP contribution in [-0.4, -0.2) is 17.4 Å². The van der Waals surface area contributed by atoms with E-state index in [0.717, 1.165) is 37.7 Å². The number of urea groups is 1. The van der Waals surface area contributed by atoms with Crippen LogP contribution in [0.2, 0.25) is 0 Å². The molecule has 108 valence electrons. The molecule has 5 heteroatoms. The van der Waals surface area contributed by atoms with Crippen LogP contribution >= 0.6 is 0 Å². The third-order valence-corrected chi connectivity index (χ3v) is 3.87. The highest BCUT2D eigenvalue weighted by Crippen LogP contribution is 2.27. The van der Waals surface area contributed by atoms with Gasteiger partial charge in [-0.15, -0.1) is 0 Å². The topological polar surface area (TPSA) is 91.0 Å². The SMILES string of the molecule is N=C(N)C1(NC(=O)NCc2ccccc2)CCCCC1. The number of rotatable bonds is 4. The normalized spacial score (nSPS) is 17.2. The van der Waals surface area contributed by atoms with E-state index in [-0.39, 0.29) is 11.9 Å². The minimum atomic E-state index is -0.654. The van der Waals surface area contributed by atoms with E-state index in [4.69, 9.17) is 11.1 Å². The van der Waals surface area contributed by atoms with Crippen LogP contribution in [0.15, 0.2) is 30.3 Å². The highest BCUT2D eigenvalue weighted by Gasteiger charge is 2.36. The van der Waals surface area contributed by atoms with Gasteiger partial charge < -0.3 is 16.4 Å². The molecule has 20 heavy (non-hydrogen) atoms. The highest BCUT2D eigenvalue weighted by atomic mass is 16.2. The minimum Gasteiger partial charge on any atom is -0.386 e. The molecule has 1 fully saturated rings. The average molecular weight is 274 g/mol. The van der Waals surface area contributed by atoms with Gasteiger partial charge >= 0.3 is 6.03 Å². The summed E-state index contributed by atoms with van der Waals surface area (Å²) in [6.45, 7) is 0.473. The lowest BCUT2D eigenvalue weighted by atomic mass is 9.81. The largest absolute Gasteiger partial charge is 0.386 e. The summed E-state index contributed by atoms with van der Waals surface area (Å²) in [6.07, 6.45) is 4.64. The molecule has 0 unspecified atom stereocenters. The van der Waals surface area contributed by atoms with Crippen molar-refractivity contribution in [3.63, 3.8) is 0 Å². The monoisotopic (exact) mass is 274 g/mol. The van der Waals surface area contributed by atoms with Crippen LogP contribution in [0.5, 0.6) is 0 Å². The molecule has 0 spiro atoms. The number of carbonyl (C=O) groups excluding carboxylic acids is 1. The fourth-order valence-electron chi connectivity index (χ4n) is 2.66. The summed E-state index contributed by atoms with van der Waals surface area (Å²) in [5.74, 6) is 0.0621. The maximum Gasteiger partial charge on any atom is 0.315 e. The predicted molar refractivity (Wildman–Crippen MR) is 79.5 cm³/mol. The van der Waals surface area contributed by atoms with E-state index in [2.05, 4.69) is 10.6 Å². The smallest absolute Gasteiger partial charge is 0.315 e. The third kappa shape index (κ3) is 3.50. The Balaban J connectivity index is 1.90. The molecule has 1 aliphatic carbocycles. The molecule has 0 heterocycles.